The highest BCUT2D eigenvalue weighted by atomic mass is 32.2. The Morgan fingerprint density at radius 2 is 2.17 bits per heavy atom. The molecule has 0 aliphatic carbocycles. The van der Waals surface area contributed by atoms with E-state index in [9.17, 15) is 18.0 Å². The van der Waals surface area contributed by atoms with Crippen molar-refractivity contribution in [2.75, 3.05) is 23.6 Å². The first-order valence-electron chi connectivity index (χ1n) is 5.26. The molecule has 1 saturated heterocycles. The first kappa shape index (κ1) is 15.1. The molecule has 1 heterocycles. The van der Waals surface area contributed by atoms with E-state index < -0.39 is 33.9 Å². The van der Waals surface area contributed by atoms with Gasteiger partial charge in [-0.05, 0) is 6.92 Å². The largest absolute Gasteiger partial charge is 0.480 e. The van der Waals surface area contributed by atoms with Crippen LogP contribution in [0, 0.1) is 0 Å². The van der Waals surface area contributed by atoms with Crippen molar-refractivity contribution in [3.8, 4) is 0 Å². The second kappa shape index (κ2) is 5.79. The fourth-order valence-electron chi connectivity index (χ4n) is 1.64. The number of carbonyl (C=O) groups is 2. The second-order valence-electron chi connectivity index (χ2n) is 4.27. The molecule has 1 aliphatic heterocycles. The molecule has 0 aromatic rings. The topological polar surface area (TPSA) is 104 Å². The van der Waals surface area contributed by atoms with Crippen LogP contribution in [0.4, 0.5) is 4.79 Å². The van der Waals surface area contributed by atoms with Gasteiger partial charge in [0.05, 0.1) is 11.6 Å². The number of thioether (sulfide) groups is 1. The van der Waals surface area contributed by atoms with Gasteiger partial charge in [0, 0.05) is 18.1 Å². The molecule has 9 heteroatoms. The summed E-state index contributed by atoms with van der Waals surface area (Å²) in [4.78, 5) is 23.9. The van der Waals surface area contributed by atoms with E-state index in [1.165, 1.54) is 16.7 Å². The van der Waals surface area contributed by atoms with Crippen molar-refractivity contribution in [2.45, 2.75) is 19.0 Å². The van der Waals surface area contributed by atoms with Gasteiger partial charge >= 0.3 is 12.0 Å². The average molecular weight is 296 g/mol. The third-order valence-corrected chi connectivity index (χ3v) is 4.47. The van der Waals surface area contributed by atoms with Crippen LogP contribution in [0.2, 0.25) is 0 Å². The van der Waals surface area contributed by atoms with E-state index in [0.29, 0.717) is 11.6 Å². The minimum Gasteiger partial charge on any atom is -0.480 e. The predicted molar refractivity (Wildman–Crippen MR) is 68.3 cm³/mol. The van der Waals surface area contributed by atoms with Gasteiger partial charge in [-0.2, -0.15) is 0 Å². The van der Waals surface area contributed by atoms with Crippen LogP contribution >= 0.6 is 11.8 Å². The minimum absolute atomic E-state index is 0.169. The summed E-state index contributed by atoms with van der Waals surface area (Å²) in [5.74, 6) is -0.569. The molecule has 18 heavy (non-hydrogen) atoms. The summed E-state index contributed by atoms with van der Waals surface area (Å²) in [6.45, 7) is 1.57. The predicted octanol–water partition coefficient (Wildman–Crippen LogP) is -0.411. The first-order chi connectivity index (χ1) is 8.20. The van der Waals surface area contributed by atoms with E-state index in [0.717, 1.165) is 6.26 Å². The zero-order valence-electron chi connectivity index (χ0n) is 10.1. The number of hydrogen-bond donors (Lipinski definition) is 2. The van der Waals surface area contributed by atoms with Gasteiger partial charge in [-0.25, -0.2) is 18.0 Å². The van der Waals surface area contributed by atoms with Crippen LogP contribution in [-0.2, 0) is 14.6 Å². The fourth-order valence-corrected chi connectivity index (χ4v) is 3.77. The molecule has 2 unspecified atom stereocenters. The number of hydrogen-bond acceptors (Lipinski definition) is 5. The van der Waals surface area contributed by atoms with E-state index in [2.05, 4.69) is 5.32 Å². The quantitative estimate of drug-likeness (QED) is 0.731. The molecule has 0 bridgehead atoms. The minimum atomic E-state index is -3.18. The van der Waals surface area contributed by atoms with Crippen LogP contribution in [0.25, 0.3) is 0 Å². The number of amides is 2. The van der Waals surface area contributed by atoms with Crippen molar-refractivity contribution in [2.24, 2.45) is 0 Å². The van der Waals surface area contributed by atoms with Crippen molar-refractivity contribution < 1.29 is 23.1 Å². The lowest BCUT2D eigenvalue weighted by Crippen LogP contribution is -2.50. The van der Waals surface area contributed by atoms with E-state index in [-0.39, 0.29) is 5.75 Å². The molecule has 7 nitrogen and oxygen atoms in total. The standard InChI is InChI=1S/C9H16N2O5S2/c1-6(4-18(2,15)16)10-9(14)11-5-17-3-7(11)8(12)13/h6-7H,3-5H2,1-2H3,(H,10,14)(H,12,13). The first-order valence-corrected chi connectivity index (χ1v) is 8.47. The lowest BCUT2D eigenvalue weighted by molar-refractivity contribution is -0.140. The van der Waals surface area contributed by atoms with Gasteiger partial charge in [0.15, 0.2) is 0 Å². The molecular formula is C9H16N2O5S2. The molecule has 104 valence electrons. The van der Waals surface area contributed by atoms with Gasteiger partial charge in [0.2, 0.25) is 0 Å². The molecule has 1 rings (SSSR count). The Morgan fingerprint density at radius 3 is 2.67 bits per heavy atom. The monoisotopic (exact) mass is 296 g/mol. The zero-order chi connectivity index (χ0) is 13.9. The molecule has 0 radical (unpaired) electrons. The SMILES string of the molecule is CC(CS(C)(=O)=O)NC(=O)N1CSCC1C(=O)O. The van der Waals surface area contributed by atoms with E-state index in [1.54, 1.807) is 6.92 Å². The third kappa shape index (κ3) is 4.37. The Bertz CT molecular complexity index is 436. The van der Waals surface area contributed by atoms with Crippen LogP contribution in [0.15, 0.2) is 0 Å². The number of carboxylic acids is 1. The Hall–Kier alpha value is -0.960. The summed E-state index contributed by atoms with van der Waals surface area (Å²) in [5, 5.41) is 11.4. The number of sulfone groups is 1. The van der Waals surface area contributed by atoms with Gasteiger partial charge in [0.25, 0.3) is 0 Å². The summed E-state index contributed by atoms with van der Waals surface area (Å²) in [5.41, 5.74) is 0. The lowest BCUT2D eigenvalue weighted by Gasteiger charge is -2.23. The number of urea groups is 1. The fraction of sp³-hybridized carbons (Fsp3) is 0.778. The van der Waals surface area contributed by atoms with Crippen LogP contribution in [-0.4, -0.2) is 66.1 Å². The third-order valence-electron chi connectivity index (χ3n) is 2.35. The highest BCUT2D eigenvalue weighted by molar-refractivity contribution is 7.99. The molecule has 0 aromatic heterocycles. The Balaban J connectivity index is 2.57. The maximum Gasteiger partial charge on any atom is 0.327 e. The molecule has 1 aliphatic rings. The molecule has 2 amide bonds. The number of nitrogens with one attached hydrogen (secondary N) is 1. The maximum atomic E-state index is 11.8. The molecule has 0 saturated carbocycles. The van der Waals surface area contributed by atoms with Crippen LogP contribution in [0.3, 0.4) is 0 Å². The summed E-state index contributed by atoms with van der Waals surface area (Å²) in [6, 6.07) is -1.93. The Kier molecular flexibility index (Phi) is 4.85. The molecular weight excluding hydrogens is 280 g/mol. The normalized spacial score (nSPS) is 21.7. The number of carbonyl (C=O) groups excluding carboxylic acids is 1. The van der Waals surface area contributed by atoms with Crippen LogP contribution < -0.4 is 5.32 Å². The maximum absolute atomic E-state index is 11.8. The van der Waals surface area contributed by atoms with Crippen molar-refractivity contribution >= 4 is 33.6 Å². The van der Waals surface area contributed by atoms with E-state index in [1.807, 2.05) is 0 Å². The van der Waals surface area contributed by atoms with Gasteiger partial charge in [-0.1, -0.05) is 0 Å². The summed E-state index contributed by atoms with van der Waals surface area (Å²) < 4.78 is 22.1. The second-order valence-corrected chi connectivity index (χ2v) is 7.45. The molecule has 0 spiro atoms. The summed E-state index contributed by atoms with van der Waals surface area (Å²) >= 11 is 1.35. The van der Waals surface area contributed by atoms with Crippen molar-refractivity contribution in [3.05, 3.63) is 0 Å². The Labute approximate surface area is 110 Å². The van der Waals surface area contributed by atoms with Gasteiger partial charge in [-0.3, -0.25) is 0 Å². The zero-order valence-corrected chi connectivity index (χ0v) is 11.8. The molecule has 2 N–H and O–H groups in total. The number of aliphatic carboxylic acids is 1. The highest BCUT2D eigenvalue weighted by Gasteiger charge is 2.35. The molecule has 0 aromatic carbocycles. The van der Waals surface area contributed by atoms with Crippen molar-refractivity contribution in [1.29, 1.82) is 0 Å². The smallest absolute Gasteiger partial charge is 0.327 e. The number of rotatable bonds is 4. The van der Waals surface area contributed by atoms with Gasteiger partial charge in [-0.15, -0.1) is 11.8 Å². The summed E-state index contributed by atoms with van der Waals surface area (Å²) in [7, 11) is -3.18. The average Bonchev–Trinajstić information content (AvgIpc) is 2.61. The highest BCUT2D eigenvalue weighted by Crippen LogP contribution is 2.20. The van der Waals surface area contributed by atoms with Crippen LogP contribution in [0.1, 0.15) is 6.92 Å². The van der Waals surface area contributed by atoms with Crippen molar-refractivity contribution in [3.63, 3.8) is 0 Å². The van der Waals surface area contributed by atoms with Crippen LogP contribution in [0.5, 0.6) is 0 Å². The lowest BCUT2D eigenvalue weighted by atomic mass is 10.3. The van der Waals surface area contributed by atoms with Crippen molar-refractivity contribution in [1.82, 2.24) is 10.2 Å². The molecule has 2 atom stereocenters. The number of nitrogens with zero attached hydrogens (tertiary/aromatic N) is 1. The van der Waals surface area contributed by atoms with E-state index in [4.69, 9.17) is 5.11 Å². The number of carboxylic acid groups (broad SMARTS) is 1. The van der Waals surface area contributed by atoms with Gasteiger partial charge in [0.1, 0.15) is 15.9 Å². The Morgan fingerprint density at radius 1 is 1.56 bits per heavy atom. The molecule has 1 fully saturated rings. The van der Waals surface area contributed by atoms with Gasteiger partial charge < -0.3 is 15.3 Å². The summed E-state index contributed by atoms with van der Waals surface area (Å²) in [6.07, 6.45) is 1.08. The van der Waals surface area contributed by atoms with E-state index >= 15 is 0 Å².